The number of hydrogen-bond donors (Lipinski definition) is 0. The van der Waals surface area contributed by atoms with Gasteiger partial charge in [-0.15, -0.1) is 0 Å². The Kier molecular flexibility index (Phi) is 4.69. The Morgan fingerprint density at radius 3 is 2.47 bits per heavy atom. The molecule has 0 bridgehead atoms. The first-order valence-corrected chi connectivity index (χ1v) is 7.40. The third-order valence-electron chi connectivity index (χ3n) is 2.20. The summed E-state index contributed by atoms with van der Waals surface area (Å²) in [4.78, 5) is -0.288. The van der Waals surface area contributed by atoms with Crippen LogP contribution in [0.5, 0.6) is 0 Å². The summed E-state index contributed by atoms with van der Waals surface area (Å²) in [5.74, 6) is -0.553. The van der Waals surface area contributed by atoms with Crippen LogP contribution in [0.15, 0.2) is 27.6 Å². The van der Waals surface area contributed by atoms with E-state index in [1.807, 2.05) is 13.8 Å². The molecule has 0 aliphatic carbocycles. The molecule has 0 saturated heterocycles. The molecule has 0 atom stereocenters. The molecule has 0 saturated carbocycles. The molecule has 1 aromatic carbocycles. The van der Waals surface area contributed by atoms with E-state index in [1.54, 1.807) is 0 Å². The average molecular weight is 324 g/mol. The van der Waals surface area contributed by atoms with E-state index in [0.29, 0.717) is 11.0 Å². The van der Waals surface area contributed by atoms with Gasteiger partial charge in [-0.2, -0.15) is 0 Å². The summed E-state index contributed by atoms with van der Waals surface area (Å²) in [6, 6.07) is 3.93. The molecule has 0 N–H and O–H groups in total. The minimum Gasteiger partial charge on any atom is -0.207 e. The van der Waals surface area contributed by atoms with Crippen LogP contribution in [-0.4, -0.2) is 26.3 Å². The Morgan fingerprint density at radius 1 is 1.41 bits per heavy atom. The highest BCUT2D eigenvalue weighted by molar-refractivity contribution is 9.10. The second-order valence-corrected chi connectivity index (χ2v) is 7.18. The molecule has 0 spiro atoms. The first-order chi connectivity index (χ1) is 7.75. The predicted octanol–water partition coefficient (Wildman–Crippen LogP) is 2.86. The van der Waals surface area contributed by atoms with Crippen LogP contribution in [0.2, 0.25) is 0 Å². The zero-order chi connectivity index (χ0) is 13.2. The average Bonchev–Trinajstić information content (AvgIpc) is 2.15. The molecule has 1 aromatic rings. The molecule has 0 fully saturated rings. The summed E-state index contributed by atoms with van der Waals surface area (Å²) >= 11 is 3.09. The Labute approximate surface area is 110 Å². The molecule has 0 aliphatic heterocycles. The fourth-order valence-corrected chi connectivity index (χ4v) is 3.17. The van der Waals surface area contributed by atoms with E-state index in [-0.39, 0.29) is 10.8 Å². The standard InChI is InChI=1S/C11H15BrFNO2S/c1-8(2)7-14(3)17(15,16)11-5-4-9(12)6-10(11)13/h4-6,8H,7H2,1-3H3. The molecule has 0 aromatic heterocycles. The van der Waals surface area contributed by atoms with Crippen molar-refractivity contribution in [2.75, 3.05) is 13.6 Å². The molecule has 0 unspecified atom stereocenters. The summed E-state index contributed by atoms with van der Waals surface area (Å²) in [6.07, 6.45) is 0. The molecular formula is C11H15BrFNO2S. The predicted molar refractivity (Wildman–Crippen MR) is 68.8 cm³/mol. The summed E-state index contributed by atoms with van der Waals surface area (Å²) in [5.41, 5.74) is 0. The van der Waals surface area contributed by atoms with Crippen LogP contribution >= 0.6 is 15.9 Å². The van der Waals surface area contributed by atoms with Crippen molar-refractivity contribution in [3.8, 4) is 0 Å². The number of rotatable bonds is 4. The normalized spacial score (nSPS) is 12.4. The lowest BCUT2D eigenvalue weighted by Crippen LogP contribution is -2.31. The highest BCUT2D eigenvalue weighted by Gasteiger charge is 2.24. The molecule has 96 valence electrons. The van der Waals surface area contributed by atoms with E-state index in [9.17, 15) is 12.8 Å². The largest absolute Gasteiger partial charge is 0.245 e. The van der Waals surface area contributed by atoms with Crippen molar-refractivity contribution in [2.24, 2.45) is 5.92 Å². The molecule has 1 rings (SSSR count). The van der Waals surface area contributed by atoms with Crippen molar-refractivity contribution in [1.82, 2.24) is 4.31 Å². The lowest BCUT2D eigenvalue weighted by atomic mass is 10.2. The zero-order valence-corrected chi connectivity index (χ0v) is 12.3. The SMILES string of the molecule is CC(C)CN(C)S(=O)(=O)c1ccc(Br)cc1F. The minimum atomic E-state index is -3.74. The summed E-state index contributed by atoms with van der Waals surface area (Å²) in [7, 11) is -2.29. The van der Waals surface area contributed by atoms with Gasteiger partial charge in [0.1, 0.15) is 10.7 Å². The van der Waals surface area contributed by atoms with Gasteiger partial charge in [0.05, 0.1) is 0 Å². The molecule has 0 aliphatic rings. The first kappa shape index (κ1) is 14.6. The van der Waals surface area contributed by atoms with Crippen LogP contribution in [0.3, 0.4) is 0 Å². The van der Waals surface area contributed by atoms with Crippen LogP contribution in [0, 0.1) is 11.7 Å². The molecule has 0 heterocycles. The van der Waals surface area contributed by atoms with Gasteiger partial charge in [0.25, 0.3) is 0 Å². The fourth-order valence-electron chi connectivity index (χ4n) is 1.46. The Bertz CT molecular complexity index is 502. The molecule has 6 heteroatoms. The van der Waals surface area contributed by atoms with Gasteiger partial charge < -0.3 is 0 Å². The van der Waals surface area contributed by atoms with Gasteiger partial charge in [0.15, 0.2) is 0 Å². The van der Waals surface area contributed by atoms with Gasteiger partial charge in [-0.05, 0) is 24.1 Å². The maximum Gasteiger partial charge on any atom is 0.245 e. The molecule has 17 heavy (non-hydrogen) atoms. The summed E-state index contributed by atoms with van der Waals surface area (Å²) in [6.45, 7) is 4.17. The Balaban J connectivity index is 3.13. The number of benzene rings is 1. The maximum absolute atomic E-state index is 13.6. The van der Waals surface area contributed by atoms with Crippen molar-refractivity contribution in [3.05, 3.63) is 28.5 Å². The number of nitrogens with zero attached hydrogens (tertiary/aromatic N) is 1. The highest BCUT2D eigenvalue weighted by Crippen LogP contribution is 2.22. The number of hydrogen-bond acceptors (Lipinski definition) is 2. The van der Waals surface area contributed by atoms with E-state index in [1.165, 1.54) is 23.5 Å². The van der Waals surface area contributed by atoms with E-state index in [4.69, 9.17) is 0 Å². The second-order valence-electron chi connectivity index (χ2n) is 4.25. The van der Waals surface area contributed by atoms with E-state index in [2.05, 4.69) is 15.9 Å². The van der Waals surface area contributed by atoms with Gasteiger partial charge >= 0.3 is 0 Å². The first-order valence-electron chi connectivity index (χ1n) is 5.16. The zero-order valence-electron chi connectivity index (χ0n) is 9.94. The van der Waals surface area contributed by atoms with Crippen LogP contribution in [0.1, 0.15) is 13.8 Å². The van der Waals surface area contributed by atoms with E-state index in [0.717, 1.165) is 6.07 Å². The maximum atomic E-state index is 13.6. The third-order valence-corrected chi connectivity index (χ3v) is 4.55. The molecule has 0 amide bonds. The second kappa shape index (κ2) is 5.46. The van der Waals surface area contributed by atoms with Crippen LogP contribution in [0.25, 0.3) is 0 Å². The molecular weight excluding hydrogens is 309 g/mol. The van der Waals surface area contributed by atoms with Crippen molar-refractivity contribution >= 4 is 26.0 Å². The smallest absolute Gasteiger partial charge is 0.207 e. The van der Waals surface area contributed by atoms with E-state index < -0.39 is 15.8 Å². The van der Waals surface area contributed by atoms with Crippen molar-refractivity contribution in [2.45, 2.75) is 18.7 Å². The van der Waals surface area contributed by atoms with E-state index >= 15 is 0 Å². The number of halogens is 2. The third kappa shape index (κ3) is 3.50. The van der Waals surface area contributed by atoms with Gasteiger partial charge in [-0.1, -0.05) is 29.8 Å². The van der Waals surface area contributed by atoms with Gasteiger partial charge in [-0.3, -0.25) is 0 Å². The van der Waals surface area contributed by atoms with Crippen molar-refractivity contribution < 1.29 is 12.8 Å². The van der Waals surface area contributed by atoms with Gasteiger partial charge in [-0.25, -0.2) is 17.1 Å². The Hall–Kier alpha value is -0.460. The lowest BCUT2D eigenvalue weighted by Gasteiger charge is -2.19. The Morgan fingerprint density at radius 2 is 2.00 bits per heavy atom. The number of sulfonamides is 1. The lowest BCUT2D eigenvalue weighted by molar-refractivity contribution is 0.414. The van der Waals surface area contributed by atoms with Crippen molar-refractivity contribution in [3.63, 3.8) is 0 Å². The van der Waals surface area contributed by atoms with Crippen LogP contribution < -0.4 is 0 Å². The molecule has 0 radical (unpaired) electrons. The van der Waals surface area contributed by atoms with Gasteiger partial charge in [0.2, 0.25) is 10.0 Å². The molecule has 3 nitrogen and oxygen atoms in total. The van der Waals surface area contributed by atoms with Gasteiger partial charge in [0, 0.05) is 18.1 Å². The van der Waals surface area contributed by atoms with Crippen molar-refractivity contribution in [1.29, 1.82) is 0 Å². The topological polar surface area (TPSA) is 37.4 Å². The quantitative estimate of drug-likeness (QED) is 0.854. The van der Waals surface area contributed by atoms with Crippen LogP contribution in [-0.2, 0) is 10.0 Å². The van der Waals surface area contributed by atoms with Crippen LogP contribution in [0.4, 0.5) is 4.39 Å². The minimum absolute atomic E-state index is 0.188. The summed E-state index contributed by atoms with van der Waals surface area (Å²) < 4.78 is 39.4. The highest BCUT2D eigenvalue weighted by atomic mass is 79.9. The fraction of sp³-hybridized carbons (Fsp3) is 0.455. The monoisotopic (exact) mass is 323 g/mol. The summed E-state index contributed by atoms with van der Waals surface area (Å²) in [5, 5.41) is 0.